The van der Waals surface area contributed by atoms with E-state index in [0.29, 0.717) is 6.42 Å². The average Bonchev–Trinajstić information content (AvgIpc) is 2.75. The smallest absolute Gasteiger partial charge is 0.313 e. The first-order chi connectivity index (χ1) is 9.66. The summed E-state index contributed by atoms with van der Waals surface area (Å²) in [6.07, 6.45) is 0.910. The number of esters is 1. The van der Waals surface area contributed by atoms with Crippen molar-refractivity contribution in [2.45, 2.75) is 44.1 Å². The molecule has 4 rings (SSSR count). The zero-order chi connectivity index (χ0) is 13.9. The Labute approximate surface area is 118 Å². The molecule has 0 radical (unpaired) electrons. The van der Waals surface area contributed by atoms with E-state index in [1.54, 1.807) is 0 Å². The molecule has 106 valence electrons. The molecule has 4 nitrogen and oxygen atoms in total. The number of aliphatic hydroxyl groups is 1. The minimum Gasteiger partial charge on any atom is -0.461 e. The predicted octanol–water partition coefficient (Wildman–Crippen LogP) is 1.28. The fourth-order valence-corrected chi connectivity index (χ4v) is 4.29. The SMILES string of the molecule is C[C@H]1OC(=O)[C@H]2[C@@H]1N1CCc3ccccc3[C@H]1C[C@H]2O. The normalized spacial score (nSPS) is 39.7. The number of piperidine rings is 1. The van der Waals surface area contributed by atoms with Crippen LogP contribution in [0, 0.1) is 5.92 Å². The van der Waals surface area contributed by atoms with Crippen molar-refractivity contribution < 1.29 is 14.6 Å². The molecule has 3 heterocycles. The Morgan fingerprint density at radius 2 is 2.15 bits per heavy atom. The quantitative estimate of drug-likeness (QED) is 0.724. The molecule has 4 heteroatoms. The van der Waals surface area contributed by atoms with Gasteiger partial charge < -0.3 is 9.84 Å². The summed E-state index contributed by atoms with van der Waals surface area (Å²) in [7, 11) is 0. The molecule has 0 aliphatic carbocycles. The van der Waals surface area contributed by atoms with Crippen LogP contribution in [0.2, 0.25) is 0 Å². The second kappa shape index (κ2) is 4.30. The van der Waals surface area contributed by atoms with Crippen LogP contribution in [0.15, 0.2) is 24.3 Å². The number of nitrogens with zero attached hydrogens (tertiary/aromatic N) is 1. The highest BCUT2D eigenvalue weighted by Gasteiger charge is 2.55. The molecule has 0 bridgehead atoms. The maximum absolute atomic E-state index is 11.9. The summed E-state index contributed by atoms with van der Waals surface area (Å²) in [6.45, 7) is 2.88. The number of ether oxygens (including phenoxy) is 1. The number of hydrogen-bond donors (Lipinski definition) is 1. The molecule has 0 amide bonds. The van der Waals surface area contributed by atoms with Crippen molar-refractivity contribution in [3.05, 3.63) is 35.4 Å². The number of rotatable bonds is 0. The summed E-state index contributed by atoms with van der Waals surface area (Å²) in [5.41, 5.74) is 2.68. The zero-order valence-electron chi connectivity index (χ0n) is 11.5. The molecule has 2 saturated heterocycles. The Hall–Kier alpha value is -1.39. The van der Waals surface area contributed by atoms with E-state index in [-0.39, 0.29) is 30.1 Å². The Morgan fingerprint density at radius 3 is 3.00 bits per heavy atom. The van der Waals surface area contributed by atoms with Crippen LogP contribution in [-0.2, 0) is 16.0 Å². The molecule has 1 N–H and O–H groups in total. The average molecular weight is 273 g/mol. The van der Waals surface area contributed by atoms with Gasteiger partial charge in [-0.1, -0.05) is 24.3 Å². The molecule has 1 aromatic rings. The van der Waals surface area contributed by atoms with Crippen molar-refractivity contribution in [3.8, 4) is 0 Å². The number of benzene rings is 1. The monoisotopic (exact) mass is 273 g/mol. The Balaban J connectivity index is 1.76. The number of hydrogen-bond acceptors (Lipinski definition) is 4. The van der Waals surface area contributed by atoms with Crippen molar-refractivity contribution in [3.63, 3.8) is 0 Å². The molecule has 3 aliphatic rings. The van der Waals surface area contributed by atoms with Gasteiger partial charge in [-0.15, -0.1) is 0 Å². The van der Waals surface area contributed by atoms with Crippen LogP contribution < -0.4 is 0 Å². The standard InChI is InChI=1S/C16H19NO3/c1-9-15-14(16(19)20-9)13(18)8-12-11-5-3-2-4-10(11)6-7-17(12)15/h2-5,9,12-15,18H,6-8H2,1H3/t9-,12-,13-,14-,15-/m1/s1. The number of fused-ring (bicyclic) bond motifs is 5. The van der Waals surface area contributed by atoms with E-state index in [1.807, 2.05) is 6.92 Å². The maximum atomic E-state index is 11.9. The molecule has 5 atom stereocenters. The summed E-state index contributed by atoms with van der Waals surface area (Å²) < 4.78 is 5.37. The van der Waals surface area contributed by atoms with E-state index < -0.39 is 6.10 Å². The highest BCUT2D eigenvalue weighted by atomic mass is 16.6. The van der Waals surface area contributed by atoms with E-state index in [4.69, 9.17) is 4.74 Å². The van der Waals surface area contributed by atoms with Gasteiger partial charge in [0.25, 0.3) is 0 Å². The predicted molar refractivity (Wildman–Crippen MR) is 73.0 cm³/mol. The van der Waals surface area contributed by atoms with Crippen LogP contribution in [0.5, 0.6) is 0 Å². The summed E-state index contributed by atoms with van der Waals surface area (Å²) in [6, 6.07) is 8.69. The lowest BCUT2D eigenvalue weighted by molar-refractivity contribution is -0.147. The Kier molecular flexibility index (Phi) is 2.66. The number of aliphatic hydroxyl groups excluding tert-OH is 1. The topological polar surface area (TPSA) is 49.8 Å². The van der Waals surface area contributed by atoms with Crippen LogP contribution in [-0.4, -0.2) is 40.8 Å². The lowest BCUT2D eigenvalue weighted by Gasteiger charge is -2.48. The van der Waals surface area contributed by atoms with E-state index in [1.165, 1.54) is 11.1 Å². The highest BCUT2D eigenvalue weighted by Crippen LogP contribution is 2.45. The van der Waals surface area contributed by atoms with Gasteiger partial charge >= 0.3 is 5.97 Å². The molecule has 0 aromatic heterocycles. The molecule has 3 aliphatic heterocycles. The Bertz CT molecular complexity index is 558. The second-order valence-corrected chi connectivity index (χ2v) is 6.16. The third-order valence-electron chi connectivity index (χ3n) is 5.14. The van der Waals surface area contributed by atoms with E-state index in [0.717, 1.165) is 13.0 Å². The van der Waals surface area contributed by atoms with Crippen molar-refractivity contribution in [1.29, 1.82) is 0 Å². The largest absolute Gasteiger partial charge is 0.461 e. The summed E-state index contributed by atoms with van der Waals surface area (Å²) in [4.78, 5) is 14.3. The lowest BCUT2D eigenvalue weighted by Crippen LogP contribution is -2.56. The van der Waals surface area contributed by atoms with Crippen LogP contribution in [0.3, 0.4) is 0 Å². The van der Waals surface area contributed by atoms with Crippen molar-refractivity contribution in [2.75, 3.05) is 6.54 Å². The summed E-state index contributed by atoms with van der Waals surface area (Å²) in [5, 5.41) is 10.4. The molecular weight excluding hydrogens is 254 g/mol. The molecule has 0 unspecified atom stereocenters. The molecule has 0 saturated carbocycles. The zero-order valence-corrected chi connectivity index (χ0v) is 11.5. The van der Waals surface area contributed by atoms with Gasteiger partial charge in [0.15, 0.2) is 0 Å². The first kappa shape index (κ1) is 12.4. The lowest BCUT2D eigenvalue weighted by atomic mass is 9.77. The number of cyclic esters (lactones) is 1. The second-order valence-electron chi connectivity index (χ2n) is 6.16. The van der Waals surface area contributed by atoms with Crippen LogP contribution in [0.4, 0.5) is 0 Å². The summed E-state index contributed by atoms with van der Waals surface area (Å²) in [5.74, 6) is -0.598. The van der Waals surface area contributed by atoms with Gasteiger partial charge in [0.05, 0.1) is 12.1 Å². The molecule has 2 fully saturated rings. The van der Waals surface area contributed by atoms with Crippen molar-refractivity contribution >= 4 is 5.97 Å². The molecular formula is C16H19NO3. The minimum atomic E-state index is -0.593. The van der Waals surface area contributed by atoms with Crippen LogP contribution >= 0.6 is 0 Å². The maximum Gasteiger partial charge on any atom is 0.313 e. The summed E-state index contributed by atoms with van der Waals surface area (Å²) >= 11 is 0. The fraction of sp³-hybridized carbons (Fsp3) is 0.562. The van der Waals surface area contributed by atoms with E-state index >= 15 is 0 Å². The first-order valence-electron chi connectivity index (χ1n) is 7.39. The van der Waals surface area contributed by atoms with Crippen LogP contribution in [0.1, 0.15) is 30.5 Å². The van der Waals surface area contributed by atoms with Crippen LogP contribution in [0.25, 0.3) is 0 Å². The van der Waals surface area contributed by atoms with Gasteiger partial charge in [-0.05, 0) is 30.9 Å². The Morgan fingerprint density at radius 1 is 1.35 bits per heavy atom. The highest BCUT2D eigenvalue weighted by molar-refractivity contribution is 5.77. The van der Waals surface area contributed by atoms with Crippen molar-refractivity contribution in [1.82, 2.24) is 4.90 Å². The molecule has 20 heavy (non-hydrogen) atoms. The molecule has 1 aromatic carbocycles. The third kappa shape index (κ3) is 1.58. The third-order valence-corrected chi connectivity index (χ3v) is 5.14. The minimum absolute atomic E-state index is 0.0182. The van der Waals surface area contributed by atoms with Crippen molar-refractivity contribution in [2.24, 2.45) is 5.92 Å². The van der Waals surface area contributed by atoms with Gasteiger partial charge in [0.1, 0.15) is 12.0 Å². The number of carbonyl (C=O) groups excluding carboxylic acids is 1. The first-order valence-corrected chi connectivity index (χ1v) is 7.39. The van der Waals surface area contributed by atoms with E-state index in [2.05, 4.69) is 29.2 Å². The van der Waals surface area contributed by atoms with Gasteiger partial charge in [-0.2, -0.15) is 0 Å². The number of carbonyl (C=O) groups is 1. The van der Waals surface area contributed by atoms with E-state index in [9.17, 15) is 9.90 Å². The van der Waals surface area contributed by atoms with Gasteiger partial charge in [-0.3, -0.25) is 9.69 Å². The van der Waals surface area contributed by atoms with Gasteiger partial charge in [0.2, 0.25) is 0 Å². The molecule has 0 spiro atoms. The van der Waals surface area contributed by atoms with Gasteiger partial charge in [0, 0.05) is 12.6 Å². The fourth-order valence-electron chi connectivity index (χ4n) is 4.29. The van der Waals surface area contributed by atoms with Gasteiger partial charge in [-0.25, -0.2) is 0 Å².